The number of carbonyl (C=O) groups excluding carboxylic acids is 1. The van der Waals surface area contributed by atoms with Crippen LogP contribution in [-0.4, -0.2) is 12.1 Å². The summed E-state index contributed by atoms with van der Waals surface area (Å²) >= 11 is 3.41. The van der Waals surface area contributed by atoms with E-state index in [1.54, 1.807) is 12.3 Å². The molecule has 0 atom stereocenters. The molecule has 0 aliphatic carbocycles. The molecule has 1 aromatic heterocycles. The van der Waals surface area contributed by atoms with E-state index in [9.17, 15) is 4.79 Å². The highest BCUT2D eigenvalue weighted by Gasteiger charge is 2.10. The van der Waals surface area contributed by atoms with Crippen LogP contribution in [-0.2, 0) is 0 Å². The molecule has 0 saturated heterocycles. The molecule has 0 fully saturated rings. The number of benzene rings is 2. The molecule has 0 spiro atoms. The Morgan fingerprint density at radius 1 is 1.14 bits per heavy atom. The number of hydrogen-bond acceptors (Lipinski definition) is 3. The van der Waals surface area contributed by atoms with Gasteiger partial charge in [-0.1, -0.05) is 52.3 Å². The van der Waals surface area contributed by atoms with E-state index < -0.39 is 0 Å². The monoisotopic (exact) mass is 342 g/mol. The van der Waals surface area contributed by atoms with Gasteiger partial charge in [-0.2, -0.15) is 5.10 Å². The average molecular weight is 343 g/mol. The third kappa shape index (κ3) is 3.03. The fourth-order valence-corrected chi connectivity index (χ4v) is 2.28. The standard InChI is InChI=1S/C16H11BrN2O2/c17-13-7-3-1-6-12(13)10-18-19-16(20)15-9-11-5-2-4-8-14(11)21-15/h1-10H,(H,19,20)/b18-10+. The SMILES string of the molecule is O=C(N/N=C/c1ccccc1Br)c1cc2ccccc2o1. The number of nitrogens with zero attached hydrogens (tertiary/aromatic N) is 1. The first-order valence-corrected chi connectivity index (χ1v) is 7.10. The molecule has 3 rings (SSSR count). The fourth-order valence-electron chi connectivity index (χ4n) is 1.89. The van der Waals surface area contributed by atoms with Gasteiger partial charge in [0.25, 0.3) is 0 Å². The molecule has 1 N–H and O–H groups in total. The summed E-state index contributed by atoms with van der Waals surface area (Å²) in [6.07, 6.45) is 1.57. The van der Waals surface area contributed by atoms with Crippen molar-refractivity contribution in [3.63, 3.8) is 0 Å². The summed E-state index contributed by atoms with van der Waals surface area (Å²) in [7, 11) is 0. The topological polar surface area (TPSA) is 54.6 Å². The molecule has 104 valence electrons. The van der Waals surface area contributed by atoms with Crippen LogP contribution in [0.3, 0.4) is 0 Å². The van der Waals surface area contributed by atoms with Crippen LogP contribution in [0.25, 0.3) is 11.0 Å². The Kier molecular flexibility index (Phi) is 3.83. The van der Waals surface area contributed by atoms with Gasteiger partial charge in [-0.05, 0) is 18.2 Å². The molecule has 0 saturated carbocycles. The van der Waals surface area contributed by atoms with Crippen molar-refractivity contribution in [2.75, 3.05) is 0 Å². The first-order chi connectivity index (χ1) is 10.2. The molecular formula is C16H11BrN2O2. The molecule has 1 heterocycles. The number of hydrogen-bond donors (Lipinski definition) is 1. The Morgan fingerprint density at radius 2 is 1.90 bits per heavy atom. The van der Waals surface area contributed by atoms with Crippen molar-refractivity contribution in [2.24, 2.45) is 5.10 Å². The minimum Gasteiger partial charge on any atom is -0.451 e. The third-order valence-electron chi connectivity index (χ3n) is 2.92. The maximum atomic E-state index is 12.0. The molecule has 0 radical (unpaired) electrons. The second kappa shape index (κ2) is 5.93. The van der Waals surface area contributed by atoms with Crippen molar-refractivity contribution in [2.45, 2.75) is 0 Å². The quantitative estimate of drug-likeness (QED) is 0.578. The van der Waals surface area contributed by atoms with Crippen LogP contribution in [0.1, 0.15) is 16.1 Å². The fraction of sp³-hybridized carbons (Fsp3) is 0. The maximum absolute atomic E-state index is 12.0. The number of hydrazone groups is 1. The Labute approximate surface area is 129 Å². The van der Waals surface area contributed by atoms with Crippen LogP contribution in [0.2, 0.25) is 0 Å². The van der Waals surface area contributed by atoms with Gasteiger partial charge < -0.3 is 4.42 Å². The number of furan rings is 1. The molecule has 2 aromatic carbocycles. The Hall–Kier alpha value is -2.40. The number of halogens is 1. The second-order valence-electron chi connectivity index (χ2n) is 4.37. The Morgan fingerprint density at radius 3 is 2.71 bits per heavy atom. The molecule has 0 unspecified atom stereocenters. The first-order valence-electron chi connectivity index (χ1n) is 6.30. The maximum Gasteiger partial charge on any atom is 0.307 e. The molecule has 5 heteroatoms. The molecule has 3 aromatic rings. The molecular weight excluding hydrogens is 332 g/mol. The molecule has 0 aliphatic rings. The number of nitrogens with one attached hydrogen (secondary N) is 1. The predicted octanol–water partition coefficient (Wildman–Crippen LogP) is 3.96. The lowest BCUT2D eigenvalue weighted by molar-refractivity contribution is 0.0929. The smallest absolute Gasteiger partial charge is 0.307 e. The lowest BCUT2D eigenvalue weighted by Gasteiger charge is -1.97. The van der Waals surface area contributed by atoms with Crippen molar-refractivity contribution < 1.29 is 9.21 Å². The van der Waals surface area contributed by atoms with Crippen molar-refractivity contribution in [3.8, 4) is 0 Å². The lowest BCUT2D eigenvalue weighted by Crippen LogP contribution is -2.16. The Bertz CT molecular complexity index is 791. The highest BCUT2D eigenvalue weighted by Crippen LogP contribution is 2.18. The van der Waals surface area contributed by atoms with E-state index in [2.05, 4.69) is 26.5 Å². The van der Waals surface area contributed by atoms with Gasteiger partial charge in [-0.25, -0.2) is 5.43 Å². The predicted molar refractivity (Wildman–Crippen MR) is 85.4 cm³/mol. The lowest BCUT2D eigenvalue weighted by atomic mass is 10.2. The molecule has 0 aliphatic heterocycles. The van der Waals surface area contributed by atoms with Crippen molar-refractivity contribution in [1.29, 1.82) is 0 Å². The molecule has 4 nitrogen and oxygen atoms in total. The van der Waals surface area contributed by atoms with Gasteiger partial charge in [0.1, 0.15) is 5.58 Å². The number of para-hydroxylation sites is 1. The highest BCUT2D eigenvalue weighted by atomic mass is 79.9. The van der Waals surface area contributed by atoms with Crippen LogP contribution in [0, 0.1) is 0 Å². The number of amides is 1. The minimum atomic E-state index is -0.380. The summed E-state index contributed by atoms with van der Waals surface area (Å²) < 4.78 is 6.37. The Balaban J connectivity index is 1.73. The summed E-state index contributed by atoms with van der Waals surface area (Å²) in [5, 5.41) is 4.82. The van der Waals surface area contributed by atoms with E-state index in [0.29, 0.717) is 5.58 Å². The van der Waals surface area contributed by atoms with Crippen molar-refractivity contribution in [1.82, 2.24) is 5.43 Å². The molecule has 1 amide bonds. The van der Waals surface area contributed by atoms with Crippen LogP contribution >= 0.6 is 15.9 Å². The van der Waals surface area contributed by atoms with Crippen LogP contribution in [0.4, 0.5) is 0 Å². The molecule has 21 heavy (non-hydrogen) atoms. The highest BCUT2D eigenvalue weighted by molar-refractivity contribution is 9.10. The first kappa shape index (κ1) is 13.6. The summed E-state index contributed by atoms with van der Waals surface area (Å²) in [4.78, 5) is 12.0. The zero-order valence-electron chi connectivity index (χ0n) is 10.9. The van der Waals surface area contributed by atoms with Gasteiger partial charge in [0.2, 0.25) is 0 Å². The van der Waals surface area contributed by atoms with Crippen LogP contribution in [0.15, 0.2) is 68.6 Å². The zero-order chi connectivity index (χ0) is 14.7. The second-order valence-corrected chi connectivity index (χ2v) is 5.22. The summed E-state index contributed by atoms with van der Waals surface area (Å²) in [6.45, 7) is 0. The van der Waals surface area contributed by atoms with Crippen molar-refractivity contribution in [3.05, 3.63) is 70.4 Å². The molecule has 0 bridgehead atoms. The van der Waals surface area contributed by atoms with Gasteiger partial charge in [-0.3, -0.25) is 4.79 Å². The minimum absolute atomic E-state index is 0.237. The number of carbonyl (C=O) groups is 1. The van der Waals surface area contributed by atoms with E-state index in [0.717, 1.165) is 15.4 Å². The summed E-state index contributed by atoms with van der Waals surface area (Å²) in [5.74, 6) is -0.144. The van der Waals surface area contributed by atoms with E-state index in [-0.39, 0.29) is 11.7 Å². The van der Waals surface area contributed by atoms with Crippen LogP contribution < -0.4 is 5.43 Å². The van der Waals surface area contributed by atoms with Crippen LogP contribution in [0.5, 0.6) is 0 Å². The summed E-state index contributed by atoms with van der Waals surface area (Å²) in [6, 6.07) is 16.8. The van der Waals surface area contributed by atoms with E-state index >= 15 is 0 Å². The van der Waals surface area contributed by atoms with E-state index in [4.69, 9.17) is 4.42 Å². The summed E-state index contributed by atoms with van der Waals surface area (Å²) in [5.41, 5.74) is 4.01. The van der Waals surface area contributed by atoms with E-state index in [1.165, 1.54) is 0 Å². The third-order valence-corrected chi connectivity index (χ3v) is 3.65. The van der Waals surface area contributed by atoms with E-state index in [1.807, 2.05) is 48.5 Å². The normalized spacial score (nSPS) is 11.1. The zero-order valence-corrected chi connectivity index (χ0v) is 12.5. The number of rotatable bonds is 3. The number of fused-ring (bicyclic) bond motifs is 1. The largest absolute Gasteiger partial charge is 0.451 e. The van der Waals surface area contributed by atoms with Gasteiger partial charge in [-0.15, -0.1) is 0 Å². The van der Waals surface area contributed by atoms with Gasteiger partial charge >= 0.3 is 5.91 Å². The van der Waals surface area contributed by atoms with Crippen molar-refractivity contribution >= 4 is 39.0 Å². The van der Waals surface area contributed by atoms with Gasteiger partial charge in [0, 0.05) is 15.4 Å². The average Bonchev–Trinajstić information content (AvgIpc) is 2.93. The van der Waals surface area contributed by atoms with Gasteiger partial charge in [0.05, 0.1) is 6.21 Å². The van der Waals surface area contributed by atoms with Gasteiger partial charge in [0.15, 0.2) is 5.76 Å².